The van der Waals surface area contributed by atoms with Crippen LogP contribution in [-0.2, 0) is 0 Å². The first-order chi connectivity index (χ1) is 11.1. The van der Waals surface area contributed by atoms with Crippen LogP contribution in [-0.4, -0.2) is 9.97 Å². The topological polar surface area (TPSA) is 49.6 Å². The smallest absolute Gasteiger partial charge is 0.147 e. The molecule has 3 aromatic rings. The van der Waals surface area contributed by atoms with E-state index in [9.17, 15) is 9.65 Å². The molecule has 0 aliphatic rings. The second kappa shape index (κ2) is 6.15. The van der Waals surface area contributed by atoms with Gasteiger partial charge in [0.2, 0.25) is 0 Å². The number of nitriles is 1. The van der Waals surface area contributed by atoms with Crippen molar-refractivity contribution in [3.63, 3.8) is 0 Å². The van der Waals surface area contributed by atoms with Gasteiger partial charge >= 0.3 is 0 Å². The second-order valence-corrected chi connectivity index (χ2v) is 5.34. The standard InChI is InChI=1S/C18H11ClFN3/c1-11-15(10-21)18(19)23-17(13-2-4-14(20)5-3-13)16(11)12-6-8-22-9-7-12/h2-9H,1H3. The molecular weight excluding hydrogens is 313 g/mol. The third kappa shape index (κ3) is 2.79. The molecule has 0 N–H and O–H groups in total. The van der Waals surface area contributed by atoms with Crippen LogP contribution in [0.4, 0.5) is 4.39 Å². The van der Waals surface area contributed by atoms with Crippen molar-refractivity contribution >= 4 is 11.6 Å². The van der Waals surface area contributed by atoms with Gasteiger partial charge in [0, 0.05) is 23.5 Å². The first-order valence-corrected chi connectivity index (χ1v) is 7.26. The van der Waals surface area contributed by atoms with Crippen LogP contribution in [0.15, 0.2) is 48.8 Å². The maximum absolute atomic E-state index is 13.2. The summed E-state index contributed by atoms with van der Waals surface area (Å²) in [6.45, 7) is 1.83. The van der Waals surface area contributed by atoms with Crippen molar-refractivity contribution in [2.45, 2.75) is 6.92 Å². The molecule has 5 heteroatoms. The summed E-state index contributed by atoms with van der Waals surface area (Å²) in [6.07, 6.45) is 3.34. The molecule has 3 rings (SSSR count). The molecule has 2 aromatic heterocycles. The summed E-state index contributed by atoms with van der Waals surface area (Å²) >= 11 is 6.16. The van der Waals surface area contributed by atoms with Gasteiger partial charge in [0.05, 0.1) is 11.3 Å². The zero-order valence-electron chi connectivity index (χ0n) is 12.2. The average molecular weight is 324 g/mol. The first-order valence-electron chi connectivity index (χ1n) is 6.88. The van der Waals surface area contributed by atoms with Gasteiger partial charge in [-0.3, -0.25) is 4.98 Å². The summed E-state index contributed by atoms with van der Waals surface area (Å²) in [5.74, 6) is -0.323. The van der Waals surface area contributed by atoms with Gasteiger partial charge in [-0.15, -0.1) is 0 Å². The normalized spacial score (nSPS) is 10.3. The lowest BCUT2D eigenvalue weighted by Crippen LogP contribution is -1.98. The predicted octanol–water partition coefficient (Wildman–Crippen LogP) is 4.78. The molecule has 23 heavy (non-hydrogen) atoms. The number of halogens is 2. The highest BCUT2D eigenvalue weighted by Gasteiger charge is 2.18. The summed E-state index contributed by atoms with van der Waals surface area (Å²) in [6, 6.07) is 11.8. The van der Waals surface area contributed by atoms with E-state index < -0.39 is 0 Å². The van der Waals surface area contributed by atoms with Crippen molar-refractivity contribution in [3.8, 4) is 28.5 Å². The fraction of sp³-hybridized carbons (Fsp3) is 0.0556. The van der Waals surface area contributed by atoms with Gasteiger partial charge in [0.15, 0.2) is 0 Å². The van der Waals surface area contributed by atoms with Crippen molar-refractivity contribution in [3.05, 3.63) is 70.9 Å². The van der Waals surface area contributed by atoms with Crippen molar-refractivity contribution in [2.75, 3.05) is 0 Å². The van der Waals surface area contributed by atoms with Gasteiger partial charge in [-0.25, -0.2) is 9.37 Å². The zero-order valence-corrected chi connectivity index (χ0v) is 13.0. The molecule has 0 aliphatic heterocycles. The van der Waals surface area contributed by atoms with Crippen LogP contribution in [0, 0.1) is 24.1 Å². The van der Waals surface area contributed by atoms with Crippen molar-refractivity contribution in [1.82, 2.24) is 9.97 Å². The van der Waals surface area contributed by atoms with E-state index >= 15 is 0 Å². The molecule has 2 heterocycles. The average Bonchev–Trinajstić information content (AvgIpc) is 2.56. The molecule has 0 atom stereocenters. The van der Waals surface area contributed by atoms with E-state index in [1.165, 1.54) is 12.1 Å². The maximum Gasteiger partial charge on any atom is 0.147 e. The number of rotatable bonds is 2. The lowest BCUT2D eigenvalue weighted by Gasteiger charge is -2.14. The lowest BCUT2D eigenvalue weighted by atomic mass is 9.93. The van der Waals surface area contributed by atoms with Crippen LogP contribution in [0.1, 0.15) is 11.1 Å². The Kier molecular flexibility index (Phi) is 4.05. The van der Waals surface area contributed by atoms with Crippen LogP contribution in [0.2, 0.25) is 5.15 Å². The molecule has 1 aromatic carbocycles. The zero-order chi connectivity index (χ0) is 16.4. The van der Waals surface area contributed by atoms with E-state index in [2.05, 4.69) is 16.0 Å². The highest BCUT2D eigenvalue weighted by atomic mass is 35.5. The summed E-state index contributed by atoms with van der Waals surface area (Å²) < 4.78 is 13.2. The van der Waals surface area contributed by atoms with Crippen molar-refractivity contribution in [1.29, 1.82) is 5.26 Å². The number of nitrogens with zero attached hydrogens (tertiary/aromatic N) is 3. The highest BCUT2D eigenvalue weighted by Crippen LogP contribution is 2.36. The Labute approximate surface area is 138 Å². The number of hydrogen-bond acceptors (Lipinski definition) is 3. The molecule has 112 valence electrons. The lowest BCUT2D eigenvalue weighted by molar-refractivity contribution is 0.628. The molecule has 0 fully saturated rings. The van der Waals surface area contributed by atoms with Gasteiger partial charge in [-0.2, -0.15) is 5.26 Å². The fourth-order valence-corrected chi connectivity index (χ4v) is 2.75. The number of hydrogen-bond donors (Lipinski definition) is 0. The van der Waals surface area contributed by atoms with Crippen LogP contribution in [0.25, 0.3) is 22.4 Å². The highest BCUT2D eigenvalue weighted by molar-refractivity contribution is 6.31. The molecule has 0 amide bonds. The van der Waals surface area contributed by atoms with Crippen LogP contribution < -0.4 is 0 Å². The van der Waals surface area contributed by atoms with Crippen LogP contribution in [0.5, 0.6) is 0 Å². The molecule has 3 nitrogen and oxygen atoms in total. The van der Waals surface area contributed by atoms with E-state index in [1.807, 2.05) is 19.1 Å². The number of aromatic nitrogens is 2. The van der Waals surface area contributed by atoms with E-state index in [-0.39, 0.29) is 11.0 Å². The molecule has 0 aliphatic carbocycles. The molecule has 0 spiro atoms. The van der Waals surface area contributed by atoms with E-state index in [4.69, 9.17) is 11.6 Å². The minimum Gasteiger partial charge on any atom is -0.265 e. The molecular formula is C18H11ClFN3. The van der Waals surface area contributed by atoms with Crippen molar-refractivity contribution in [2.24, 2.45) is 0 Å². The van der Waals surface area contributed by atoms with Gasteiger partial charge in [0.1, 0.15) is 17.0 Å². The van der Waals surface area contributed by atoms with Gasteiger partial charge < -0.3 is 0 Å². The monoisotopic (exact) mass is 323 g/mol. The predicted molar refractivity (Wildman–Crippen MR) is 87.3 cm³/mol. The molecule has 0 saturated heterocycles. The molecule has 0 saturated carbocycles. The molecule has 0 unspecified atom stereocenters. The van der Waals surface area contributed by atoms with Gasteiger partial charge in [0.25, 0.3) is 0 Å². The third-order valence-electron chi connectivity index (χ3n) is 3.60. The summed E-state index contributed by atoms with van der Waals surface area (Å²) in [4.78, 5) is 8.39. The Morgan fingerprint density at radius 1 is 1.04 bits per heavy atom. The third-order valence-corrected chi connectivity index (χ3v) is 3.88. The van der Waals surface area contributed by atoms with E-state index in [0.29, 0.717) is 11.3 Å². The minimum absolute atomic E-state index is 0.141. The van der Waals surface area contributed by atoms with Crippen LogP contribution >= 0.6 is 11.6 Å². The largest absolute Gasteiger partial charge is 0.265 e. The van der Waals surface area contributed by atoms with Gasteiger partial charge in [-0.05, 0) is 54.4 Å². The van der Waals surface area contributed by atoms with Crippen LogP contribution in [0.3, 0.4) is 0 Å². The first kappa shape index (κ1) is 15.1. The second-order valence-electron chi connectivity index (χ2n) is 4.98. The number of pyridine rings is 2. The fourth-order valence-electron chi connectivity index (χ4n) is 2.49. The maximum atomic E-state index is 13.2. The SMILES string of the molecule is Cc1c(C#N)c(Cl)nc(-c2ccc(F)cc2)c1-c1ccncc1. The van der Waals surface area contributed by atoms with Crippen molar-refractivity contribution < 1.29 is 4.39 Å². The summed E-state index contributed by atoms with van der Waals surface area (Å²) in [5.41, 5.74) is 4.07. The minimum atomic E-state index is -0.323. The Hall–Kier alpha value is -2.77. The molecule has 0 bridgehead atoms. The Balaban J connectivity index is 2.35. The Bertz CT molecular complexity index is 900. The van der Waals surface area contributed by atoms with E-state index in [1.54, 1.807) is 24.5 Å². The number of benzene rings is 1. The molecule has 0 radical (unpaired) electrons. The Morgan fingerprint density at radius 2 is 1.70 bits per heavy atom. The summed E-state index contributed by atoms with van der Waals surface area (Å²) in [7, 11) is 0. The quantitative estimate of drug-likeness (QED) is 0.637. The van der Waals surface area contributed by atoms with E-state index in [0.717, 1.165) is 22.3 Å². The van der Waals surface area contributed by atoms with Gasteiger partial charge in [-0.1, -0.05) is 11.6 Å². The summed E-state index contributed by atoms with van der Waals surface area (Å²) in [5, 5.41) is 9.47. The Morgan fingerprint density at radius 3 is 2.30 bits per heavy atom.